The van der Waals surface area contributed by atoms with Crippen molar-refractivity contribution in [3.63, 3.8) is 0 Å². The van der Waals surface area contributed by atoms with E-state index in [1.807, 2.05) is 43.9 Å². The molecule has 2 heteroatoms. The largest absolute Gasteiger partial charge is 0.147 e. The van der Waals surface area contributed by atoms with Gasteiger partial charge in [-0.05, 0) is 57.8 Å². The van der Waals surface area contributed by atoms with Crippen molar-refractivity contribution in [2.24, 2.45) is 0 Å². The van der Waals surface area contributed by atoms with Crippen LogP contribution in [0.25, 0.3) is 0 Å². The van der Waals surface area contributed by atoms with Crippen LogP contribution in [0.4, 0.5) is 0 Å². The molecule has 0 nitrogen and oxygen atoms in total. The minimum atomic E-state index is 0. The first-order chi connectivity index (χ1) is 7.08. The third kappa shape index (κ3) is 8.96. The van der Waals surface area contributed by atoms with Gasteiger partial charge in [-0.15, -0.1) is 11.8 Å². The molecule has 88 valence electrons. The standard InChI is InChI=1S/C9H13S.C5H5.Fe/c1-9(2,3)10-8-6-4-5-7-8;1-2-4-5-3-1;/h4-7H,1-3H3;1-5H;. The number of thioether (sulfide) groups is 1. The van der Waals surface area contributed by atoms with Crippen molar-refractivity contribution in [3.8, 4) is 0 Å². The zero-order valence-corrected chi connectivity index (χ0v) is 11.9. The molecule has 0 unspecified atom stereocenters. The first kappa shape index (κ1) is 16.9. The maximum Gasteiger partial charge on any atom is 0.0386 e. The number of hydrogen-bond acceptors (Lipinski definition) is 1. The van der Waals surface area contributed by atoms with E-state index >= 15 is 0 Å². The third-order valence-corrected chi connectivity index (χ3v) is 2.73. The van der Waals surface area contributed by atoms with E-state index in [2.05, 4.69) is 46.5 Å². The normalized spacial score (nSPS) is 21.2. The number of hydrogen-bond donors (Lipinski definition) is 0. The summed E-state index contributed by atoms with van der Waals surface area (Å²) in [5, 5.41) is 1.37. The molecule has 0 aromatic heterocycles. The average molecular weight is 274 g/mol. The van der Waals surface area contributed by atoms with Crippen molar-refractivity contribution in [2.75, 3.05) is 0 Å². The van der Waals surface area contributed by atoms with Gasteiger partial charge in [0, 0.05) is 27.1 Å². The molecule has 0 aromatic rings. The first-order valence-electron chi connectivity index (χ1n) is 5.15. The minimum Gasteiger partial charge on any atom is -0.147 e. The fourth-order valence-corrected chi connectivity index (χ4v) is 2.10. The molecule has 2 fully saturated rings. The van der Waals surface area contributed by atoms with Crippen molar-refractivity contribution < 1.29 is 17.1 Å². The van der Waals surface area contributed by atoms with Crippen LogP contribution in [0.1, 0.15) is 20.8 Å². The van der Waals surface area contributed by atoms with Crippen LogP contribution in [0, 0.1) is 63.0 Å². The Morgan fingerprint density at radius 1 is 0.750 bits per heavy atom. The van der Waals surface area contributed by atoms with Crippen LogP contribution < -0.4 is 0 Å². The predicted molar refractivity (Wildman–Crippen MR) is 69.3 cm³/mol. The molecule has 2 saturated carbocycles. The van der Waals surface area contributed by atoms with Crippen LogP contribution in [0.15, 0.2) is 0 Å². The van der Waals surface area contributed by atoms with Crippen LogP contribution in [0.5, 0.6) is 0 Å². The molecule has 0 spiro atoms. The van der Waals surface area contributed by atoms with Crippen LogP contribution in [-0.2, 0) is 17.1 Å². The molecule has 0 heterocycles. The van der Waals surface area contributed by atoms with Gasteiger partial charge in [-0.2, -0.15) is 0 Å². The van der Waals surface area contributed by atoms with Crippen LogP contribution >= 0.6 is 11.8 Å². The van der Waals surface area contributed by atoms with Gasteiger partial charge < -0.3 is 0 Å². The maximum atomic E-state index is 2.23. The van der Waals surface area contributed by atoms with Gasteiger partial charge in [0.25, 0.3) is 0 Å². The van der Waals surface area contributed by atoms with Gasteiger partial charge in [0.05, 0.1) is 0 Å². The quantitative estimate of drug-likeness (QED) is 0.653. The van der Waals surface area contributed by atoms with Crippen LogP contribution in [0.2, 0.25) is 0 Å². The van der Waals surface area contributed by atoms with Crippen LogP contribution in [-0.4, -0.2) is 4.75 Å². The molecule has 0 aromatic carbocycles. The summed E-state index contributed by atoms with van der Waals surface area (Å²) in [5.41, 5.74) is 0. The first-order valence-corrected chi connectivity index (χ1v) is 5.97. The Morgan fingerprint density at radius 2 is 1.12 bits per heavy atom. The van der Waals surface area contributed by atoms with E-state index in [0.29, 0.717) is 4.75 Å². The fraction of sp³-hybridized carbons (Fsp3) is 0.286. The van der Waals surface area contributed by atoms with Crippen molar-refractivity contribution in [1.82, 2.24) is 0 Å². The van der Waals surface area contributed by atoms with E-state index in [1.165, 1.54) is 5.25 Å². The molecule has 0 aliphatic heterocycles. The molecule has 2 rings (SSSR count). The van der Waals surface area contributed by atoms with Gasteiger partial charge in [-0.25, -0.2) is 0 Å². The van der Waals surface area contributed by atoms with Crippen molar-refractivity contribution in [2.45, 2.75) is 25.5 Å². The molecule has 0 N–H and O–H groups in total. The Labute approximate surface area is 117 Å². The molecule has 0 amide bonds. The third-order valence-electron chi connectivity index (χ3n) is 1.61. The summed E-state index contributed by atoms with van der Waals surface area (Å²) >= 11 is 1.91. The Hall–Kier alpha value is 0.869. The van der Waals surface area contributed by atoms with Crippen molar-refractivity contribution in [1.29, 1.82) is 0 Å². The van der Waals surface area contributed by atoms with Gasteiger partial charge in [-0.1, -0.05) is 20.8 Å². The molecule has 0 bridgehead atoms. The second kappa shape index (κ2) is 8.89. The Balaban J connectivity index is 0.000000318. The second-order valence-corrected chi connectivity index (χ2v) is 6.20. The summed E-state index contributed by atoms with van der Waals surface area (Å²) in [5.74, 6) is 0. The molecule has 10 radical (unpaired) electrons. The van der Waals surface area contributed by atoms with E-state index < -0.39 is 0 Å². The van der Waals surface area contributed by atoms with E-state index in [9.17, 15) is 0 Å². The SMILES string of the molecule is CC(C)(C)S[C]1[CH][CH][CH][CH]1.[CH]1[CH][CH][CH][CH]1.[Fe]. The summed E-state index contributed by atoms with van der Waals surface area (Å²) in [4.78, 5) is 0. The van der Waals surface area contributed by atoms with E-state index in [0.717, 1.165) is 0 Å². The molecular weight excluding hydrogens is 256 g/mol. The monoisotopic (exact) mass is 274 g/mol. The molecule has 2 aliphatic rings. The van der Waals surface area contributed by atoms with E-state index in [4.69, 9.17) is 0 Å². The van der Waals surface area contributed by atoms with Crippen molar-refractivity contribution >= 4 is 11.8 Å². The zero-order valence-electron chi connectivity index (χ0n) is 9.96. The summed E-state index contributed by atoms with van der Waals surface area (Å²) in [6, 6.07) is 0. The summed E-state index contributed by atoms with van der Waals surface area (Å²) in [6.45, 7) is 6.68. The molecular formula is C14H18FeS. The average Bonchev–Trinajstić information content (AvgIpc) is 2.71. The van der Waals surface area contributed by atoms with Crippen molar-refractivity contribution in [3.05, 3.63) is 63.0 Å². The number of rotatable bonds is 1. The summed E-state index contributed by atoms with van der Waals surface area (Å²) in [6.07, 6.45) is 18.5. The minimum absolute atomic E-state index is 0. The van der Waals surface area contributed by atoms with E-state index in [-0.39, 0.29) is 17.1 Å². The summed E-state index contributed by atoms with van der Waals surface area (Å²) in [7, 11) is 0. The Kier molecular flexibility index (Phi) is 9.37. The van der Waals surface area contributed by atoms with Gasteiger partial charge in [0.1, 0.15) is 0 Å². The maximum absolute atomic E-state index is 2.23. The predicted octanol–water partition coefficient (Wildman–Crippen LogP) is 3.90. The Bertz CT molecular complexity index is 145. The van der Waals surface area contributed by atoms with E-state index in [1.54, 1.807) is 0 Å². The molecule has 0 atom stereocenters. The molecule has 0 saturated heterocycles. The van der Waals surface area contributed by atoms with Crippen LogP contribution in [0.3, 0.4) is 0 Å². The summed E-state index contributed by atoms with van der Waals surface area (Å²) < 4.78 is 0.342. The molecule has 16 heavy (non-hydrogen) atoms. The van der Waals surface area contributed by atoms with Gasteiger partial charge in [0.2, 0.25) is 0 Å². The van der Waals surface area contributed by atoms with Gasteiger partial charge in [-0.3, -0.25) is 0 Å². The van der Waals surface area contributed by atoms with Gasteiger partial charge >= 0.3 is 0 Å². The zero-order chi connectivity index (χ0) is 11.1. The Morgan fingerprint density at radius 3 is 1.44 bits per heavy atom. The fourth-order valence-electron chi connectivity index (χ4n) is 1.10. The van der Waals surface area contributed by atoms with Gasteiger partial charge in [0.15, 0.2) is 0 Å². The molecule has 2 aliphatic carbocycles. The topological polar surface area (TPSA) is 0 Å². The smallest absolute Gasteiger partial charge is 0.0386 e. The second-order valence-electron chi connectivity index (χ2n) is 4.30.